The predicted molar refractivity (Wildman–Crippen MR) is 96.6 cm³/mol. The molecule has 0 unspecified atom stereocenters. The van der Waals surface area contributed by atoms with Crippen molar-refractivity contribution in [2.45, 2.75) is 26.2 Å². The molecule has 4 rings (SSSR count). The third-order valence-electron chi connectivity index (χ3n) is 4.80. The predicted octanol–water partition coefficient (Wildman–Crippen LogP) is 5.06. The van der Waals surface area contributed by atoms with Crippen LogP contribution in [-0.4, -0.2) is 29.8 Å². The second kappa shape index (κ2) is 5.94. The van der Waals surface area contributed by atoms with E-state index in [1.807, 2.05) is 25.1 Å². The van der Waals surface area contributed by atoms with Gasteiger partial charge in [0.1, 0.15) is 11.3 Å². The van der Waals surface area contributed by atoms with Crippen LogP contribution < -0.4 is 0 Å². The Bertz CT molecular complexity index is 981. The number of carbonyl (C=O) groups is 1. The van der Waals surface area contributed by atoms with Crippen molar-refractivity contribution in [2.24, 2.45) is 0 Å². The first kappa shape index (κ1) is 16.8. The zero-order valence-corrected chi connectivity index (χ0v) is 14.7. The lowest BCUT2D eigenvalue weighted by Gasteiger charge is -2.38. The van der Waals surface area contributed by atoms with Gasteiger partial charge in [0, 0.05) is 17.4 Å². The highest BCUT2D eigenvalue weighted by atomic mass is 19.3. The Hall–Kier alpha value is -2.69. The number of furan rings is 1. The van der Waals surface area contributed by atoms with Crippen LogP contribution in [0.3, 0.4) is 0 Å². The number of rotatable bonds is 3. The van der Waals surface area contributed by atoms with E-state index < -0.39 is 19.0 Å². The summed E-state index contributed by atoms with van der Waals surface area (Å²) in [5, 5.41) is 1.06. The van der Waals surface area contributed by atoms with E-state index in [9.17, 15) is 13.6 Å². The molecular formula is C21H19F2NO2. The Balaban J connectivity index is 1.61. The van der Waals surface area contributed by atoms with Gasteiger partial charge >= 0.3 is 0 Å². The number of nitrogens with zero attached hydrogens (tertiary/aromatic N) is 1. The van der Waals surface area contributed by atoms with Gasteiger partial charge in [0.2, 0.25) is 0 Å². The fraction of sp³-hybridized carbons (Fsp3) is 0.286. The normalized spacial score (nSPS) is 15.9. The lowest BCUT2D eigenvalue weighted by Crippen LogP contribution is -2.58. The molecule has 2 aromatic carbocycles. The Labute approximate surface area is 150 Å². The number of alkyl halides is 2. The van der Waals surface area contributed by atoms with Crippen LogP contribution in [0.2, 0.25) is 0 Å². The number of amides is 1. The van der Waals surface area contributed by atoms with Gasteiger partial charge in [-0.05, 0) is 53.9 Å². The summed E-state index contributed by atoms with van der Waals surface area (Å²) in [4.78, 5) is 13.4. The monoisotopic (exact) mass is 355 g/mol. The number of likely N-dealkylation sites (tertiary alicyclic amines) is 1. The van der Waals surface area contributed by atoms with Crippen LogP contribution in [0.4, 0.5) is 8.78 Å². The number of aryl methyl sites for hydroxylation is 2. The van der Waals surface area contributed by atoms with Gasteiger partial charge in [-0.15, -0.1) is 0 Å². The minimum atomic E-state index is -2.75. The van der Waals surface area contributed by atoms with E-state index in [1.165, 1.54) is 4.90 Å². The van der Waals surface area contributed by atoms with Crippen LogP contribution in [0.1, 0.15) is 28.6 Å². The fourth-order valence-electron chi connectivity index (χ4n) is 3.37. The first-order valence-corrected chi connectivity index (χ1v) is 8.67. The second-order valence-corrected chi connectivity index (χ2v) is 6.87. The highest BCUT2D eigenvalue weighted by molar-refractivity contribution is 5.95. The first-order chi connectivity index (χ1) is 12.4. The van der Waals surface area contributed by atoms with Crippen molar-refractivity contribution in [2.75, 3.05) is 13.1 Å². The van der Waals surface area contributed by atoms with Crippen LogP contribution in [0, 0.1) is 6.92 Å². The van der Waals surface area contributed by atoms with E-state index in [1.54, 1.807) is 12.1 Å². The van der Waals surface area contributed by atoms with Crippen molar-refractivity contribution in [3.8, 4) is 11.1 Å². The van der Waals surface area contributed by atoms with Gasteiger partial charge in [0.05, 0.1) is 13.1 Å². The number of benzene rings is 2. The lowest BCUT2D eigenvalue weighted by molar-refractivity contribution is -0.113. The highest BCUT2D eigenvalue weighted by Crippen LogP contribution is 2.31. The molecule has 3 nitrogen and oxygen atoms in total. The zero-order valence-electron chi connectivity index (χ0n) is 14.7. The molecule has 0 bridgehead atoms. The van der Waals surface area contributed by atoms with Gasteiger partial charge in [0.15, 0.2) is 0 Å². The number of carbonyl (C=O) groups excluding carboxylic acids is 1. The summed E-state index contributed by atoms with van der Waals surface area (Å²) in [7, 11) is 0. The minimum absolute atomic E-state index is 0.350. The summed E-state index contributed by atoms with van der Waals surface area (Å²) in [5.41, 5.74) is 4.39. The summed E-state index contributed by atoms with van der Waals surface area (Å²) >= 11 is 0. The molecule has 26 heavy (non-hydrogen) atoms. The summed E-state index contributed by atoms with van der Waals surface area (Å²) < 4.78 is 31.7. The molecule has 0 saturated carbocycles. The number of fused-ring (bicyclic) bond motifs is 1. The molecule has 1 aliphatic rings. The van der Waals surface area contributed by atoms with E-state index in [-0.39, 0.29) is 5.91 Å². The van der Waals surface area contributed by atoms with Crippen molar-refractivity contribution in [3.05, 3.63) is 59.4 Å². The van der Waals surface area contributed by atoms with E-state index in [0.717, 1.165) is 39.8 Å². The molecule has 0 aliphatic carbocycles. The van der Waals surface area contributed by atoms with Gasteiger partial charge in [-0.2, -0.15) is 0 Å². The Morgan fingerprint density at radius 2 is 1.81 bits per heavy atom. The Kier molecular flexibility index (Phi) is 3.83. The molecule has 2 heterocycles. The average molecular weight is 355 g/mol. The average Bonchev–Trinajstić information content (AvgIpc) is 3.03. The quantitative estimate of drug-likeness (QED) is 0.658. The van der Waals surface area contributed by atoms with Crippen molar-refractivity contribution in [3.63, 3.8) is 0 Å². The third kappa shape index (κ3) is 2.87. The summed E-state index contributed by atoms with van der Waals surface area (Å²) in [5.74, 6) is -2.14. The van der Waals surface area contributed by atoms with Crippen LogP contribution in [0.5, 0.6) is 0 Å². The van der Waals surface area contributed by atoms with Crippen LogP contribution in [0.25, 0.3) is 22.1 Å². The molecule has 0 spiro atoms. The van der Waals surface area contributed by atoms with Gasteiger partial charge < -0.3 is 9.32 Å². The number of hydrogen-bond donors (Lipinski definition) is 0. The van der Waals surface area contributed by atoms with Gasteiger partial charge in [-0.1, -0.05) is 19.1 Å². The number of halogens is 2. The van der Waals surface area contributed by atoms with Crippen molar-refractivity contribution < 1.29 is 18.0 Å². The Morgan fingerprint density at radius 3 is 2.42 bits per heavy atom. The molecule has 1 saturated heterocycles. The summed E-state index contributed by atoms with van der Waals surface area (Å²) in [6, 6.07) is 13.3. The molecule has 1 aliphatic heterocycles. The van der Waals surface area contributed by atoms with E-state index in [0.29, 0.717) is 5.56 Å². The smallest absolute Gasteiger partial charge is 0.282 e. The fourth-order valence-corrected chi connectivity index (χ4v) is 3.37. The summed E-state index contributed by atoms with van der Waals surface area (Å²) in [6.07, 6.45) is 0.843. The van der Waals surface area contributed by atoms with Crippen LogP contribution in [-0.2, 0) is 6.42 Å². The van der Waals surface area contributed by atoms with Gasteiger partial charge in [0.25, 0.3) is 11.8 Å². The maximum Gasteiger partial charge on any atom is 0.282 e. The van der Waals surface area contributed by atoms with E-state index in [2.05, 4.69) is 19.1 Å². The molecular weight excluding hydrogens is 336 g/mol. The van der Waals surface area contributed by atoms with Crippen molar-refractivity contribution >= 4 is 16.9 Å². The molecule has 1 aromatic heterocycles. The topological polar surface area (TPSA) is 33.5 Å². The van der Waals surface area contributed by atoms with Crippen LogP contribution in [0.15, 0.2) is 46.9 Å². The summed E-state index contributed by atoms with van der Waals surface area (Å²) in [6.45, 7) is 3.07. The maximum absolute atomic E-state index is 12.9. The first-order valence-electron chi connectivity index (χ1n) is 8.67. The zero-order chi connectivity index (χ0) is 18.5. The molecule has 0 N–H and O–H groups in total. The largest absolute Gasteiger partial charge is 0.461 e. The SMILES string of the molecule is CCc1cc2cc(-c3ccc(C(=O)N4CC(F)(F)C4)cc3)cc(C)c2o1. The second-order valence-electron chi connectivity index (χ2n) is 6.87. The van der Waals surface area contributed by atoms with E-state index in [4.69, 9.17) is 4.42 Å². The maximum atomic E-state index is 12.9. The van der Waals surface area contributed by atoms with Gasteiger partial charge in [-0.3, -0.25) is 4.79 Å². The molecule has 1 fully saturated rings. The van der Waals surface area contributed by atoms with Crippen LogP contribution >= 0.6 is 0 Å². The highest BCUT2D eigenvalue weighted by Gasteiger charge is 2.46. The minimum Gasteiger partial charge on any atom is -0.461 e. The molecule has 1 amide bonds. The van der Waals surface area contributed by atoms with Crippen molar-refractivity contribution in [1.29, 1.82) is 0 Å². The molecule has 5 heteroatoms. The number of hydrogen-bond acceptors (Lipinski definition) is 2. The Morgan fingerprint density at radius 1 is 1.12 bits per heavy atom. The molecule has 0 atom stereocenters. The molecule has 3 aromatic rings. The van der Waals surface area contributed by atoms with Crippen molar-refractivity contribution in [1.82, 2.24) is 4.90 Å². The van der Waals surface area contributed by atoms with E-state index >= 15 is 0 Å². The lowest BCUT2D eigenvalue weighted by atomic mass is 9.99. The standard InChI is InChI=1S/C21H19F2NO2/c1-3-18-10-17-9-16(8-13(2)19(17)26-18)14-4-6-15(7-5-14)20(25)24-11-21(22,23)12-24/h4-10H,3,11-12H2,1-2H3. The molecule has 134 valence electrons. The van der Waals surface area contributed by atoms with Gasteiger partial charge in [-0.25, -0.2) is 8.78 Å². The third-order valence-corrected chi connectivity index (χ3v) is 4.80. The molecule has 0 radical (unpaired) electrons.